The molecule has 2 heteroatoms. The summed E-state index contributed by atoms with van der Waals surface area (Å²) in [5.74, 6) is 0. The van der Waals surface area contributed by atoms with Crippen LogP contribution in [0.25, 0.3) is 0 Å². The first-order valence-corrected chi connectivity index (χ1v) is 7.90. The minimum Gasteiger partial charge on any atom is -0.312 e. The summed E-state index contributed by atoms with van der Waals surface area (Å²) in [6.45, 7) is 11.1. The molecule has 20 heavy (non-hydrogen) atoms. The first kappa shape index (κ1) is 16.6. The van der Waals surface area contributed by atoms with E-state index in [0.29, 0.717) is 0 Å². The number of hydrogen-bond acceptors (Lipinski definition) is 2. The fourth-order valence-corrected chi connectivity index (χ4v) is 3.04. The summed E-state index contributed by atoms with van der Waals surface area (Å²) >= 11 is 1.81. The van der Waals surface area contributed by atoms with E-state index < -0.39 is 0 Å². The van der Waals surface area contributed by atoms with Crippen molar-refractivity contribution in [3.05, 3.63) is 71.4 Å². The molecule has 108 valence electrons. The van der Waals surface area contributed by atoms with Crippen molar-refractivity contribution in [3.63, 3.8) is 0 Å². The zero-order valence-electron chi connectivity index (χ0n) is 12.8. The zero-order valence-corrected chi connectivity index (χ0v) is 13.6. The minimum absolute atomic E-state index is 1.10. The lowest BCUT2D eigenvalue weighted by Gasteiger charge is -2.32. The van der Waals surface area contributed by atoms with Gasteiger partial charge in [-0.3, -0.25) is 0 Å². The van der Waals surface area contributed by atoms with Crippen molar-refractivity contribution in [3.8, 4) is 0 Å². The maximum atomic E-state index is 3.68. The van der Waals surface area contributed by atoms with Gasteiger partial charge in [0.05, 0.1) is 5.70 Å². The summed E-state index contributed by atoms with van der Waals surface area (Å²) in [5, 5.41) is 0. The Morgan fingerprint density at radius 1 is 1.25 bits per heavy atom. The van der Waals surface area contributed by atoms with Crippen molar-refractivity contribution in [2.24, 2.45) is 0 Å². The van der Waals surface area contributed by atoms with Gasteiger partial charge in [0.2, 0.25) is 0 Å². The average Bonchev–Trinajstić information content (AvgIpc) is 2.46. The second-order valence-electron chi connectivity index (χ2n) is 4.59. The number of piperidine rings is 1. The molecule has 0 amide bonds. The van der Waals surface area contributed by atoms with E-state index in [1.807, 2.05) is 24.1 Å². The average molecular weight is 287 g/mol. The van der Waals surface area contributed by atoms with Gasteiger partial charge >= 0.3 is 0 Å². The number of nitrogens with zero attached hydrogens (tertiary/aromatic N) is 1. The van der Waals surface area contributed by atoms with E-state index in [9.17, 15) is 0 Å². The Bertz CT molecular complexity index is 464. The molecule has 0 spiro atoms. The van der Waals surface area contributed by atoms with Crippen molar-refractivity contribution in [1.82, 2.24) is 4.31 Å². The molecule has 0 bridgehead atoms. The molecular weight excluding hydrogens is 262 g/mol. The third kappa shape index (κ3) is 5.30. The lowest BCUT2D eigenvalue weighted by Crippen LogP contribution is -2.23. The highest BCUT2D eigenvalue weighted by molar-refractivity contribution is 8.00. The van der Waals surface area contributed by atoms with Crippen molar-refractivity contribution in [2.75, 3.05) is 6.54 Å². The summed E-state index contributed by atoms with van der Waals surface area (Å²) in [5.41, 5.74) is 2.78. The van der Waals surface area contributed by atoms with Crippen molar-refractivity contribution in [1.29, 1.82) is 0 Å². The fourth-order valence-electron chi connectivity index (χ4n) is 2.06. The maximum Gasteiger partial charge on any atom is 0.0501 e. The lowest BCUT2D eigenvalue weighted by molar-refractivity contribution is 0.510. The van der Waals surface area contributed by atoms with Crippen molar-refractivity contribution < 1.29 is 0 Å². The van der Waals surface area contributed by atoms with E-state index >= 15 is 0 Å². The summed E-state index contributed by atoms with van der Waals surface area (Å²) in [6.07, 6.45) is 19.0. The van der Waals surface area contributed by atoms with Crippen LogP contribution >= 0.6 is 11.9 Å². The third-order valence-corrected chi connectivity index (χ3v) is 4.06. The molecule has 1 nitrogen and oxygen atoms in total. The summed E-state index contributed by atoms with van der Waals surface area (Å²) in [6, 6.07) is 0. The molecule has 0 unspecified atom stereocenters. The van der Waals surface area contributed by atoms with Gasteiger partial charge in [0, 0.05) is 11.4 Å². The lowest BCUT2D eigenvalue weighted by atomic mass is 10.0. The predicted molar refractivity (Wildman–Crippen MR) is 93.3 cm³/mol. The number of hydrogen-bond donors (Lipinski definition) is 0. The largest absolute Gasteiger partial charge is 0.312 e. The van der Waals surface area contributed by atoms with Crippen LogP contribution in [-0.2, 0) is 0 Å². The second kappa shape index (κ2) is 9.49. The molecule has 1 heterocycles. The molecule has 0 aromatic heterocycles. The van der Waals surface area contributed by atoms with E-state index in [1.165, 1.54) is 29.0 Å². The van der Waals surface area contributed by atoms with Gasteiger partial charge in [0.15, 0.2) is 0 Å². The van der Waals surface area contributed by atoms with Crippen LogP contribution in [-0.4, -0.2) is 10.8 Å². The highest BCUT2D eigenvalue weighted by atomic mass is 32.2. The molecule has 1 saturated heterocycles. The van der Waals surface area contributed by atoms with Gasteiger partial charge in [-0.2, -0.15) is 0 Å². The van der Waals surface area contributed by atoms with Gasteiger partial charge in [-0.05, 0) is 57.2 Å². The second-order valence-corrected chi connectivity index (χ2v) is 5.85. The molecule has 0 atom stereocenters. The van der Waals surface area contributed by atoms with E-state index in [-0.39, 0.29) is 0 Å². The Hall–Kier alpha value is -1.41. The molecule has 1 rings (SSSR count). The van der Waals surface area contributed by atoms with Gasteiger partial charge in [-0.25, -0.2) is 0 Å². The van der Waals surface area contributed by atoms with E-state index in [1.54, 1.807) is 6.08 Å². The monoisotopic (exact) mass is 287 g/mol. The van der Waals surface area contributed by atoms with Crippen LogP contribution in [0.1, 0.15) is 33.6 Å². The van der Waals surface area contributed by atoms with Crippen LogP contribution in [0.4, 0.5) is 0 Å². The van der Waals surface area contributed by atoms with Crippen LogP contribution in [0.3, 0.4) is 0 Å². The molecular formula is C18H25NS. The molecule has 0 saturated carbocycles. The third-order valence-electron chi connectivity index (χ3n) is 3.03. The Morgan fingerprint density at radius 3 is 2.70 bits per heavy atom. The minimum atomic E-state index is 1.10. The molecule has 0 aromatic carbocycles. The van der Waals surface area contributed by atoms with E-state index in [0.717, 1.165) is 6.54 Å². The van der Waals surface area contributed by atoms with Crippen LogP contribution in [0.15, 0.2) is 71.4 Å². The highest BCUT2D eigenvalue weighted by Crippen LogP contribution is 2.34. The Balaban J connectivity index is 2.87. The van der Waals surface area contributed by atoms with Crippen molar-refractivity contribution in [2.45, 2.75) is 33.6 Å². The van der Waals surface area contributed by atoms with Gasteiger partial charge in [0.25, 0.3) is 0 Å². The van der Waals surface area contributed by atoms with Gasteiger partial charge in [-0.1, -0.05) is 49.1 Å². The normalized spacial score (nSPS) is 21.6. The topological polar surface area (TPSA) is 3.24 Å². The Kier molecular flexibility index (Phi) is 7.89. The fraction of sp³-hybridized carbons (Fsp3) is 0.333. The van der Waals surface area contributed by atoms with E-state index in [2.05, 4.69) is 62.0 Å². The van der Waals surface area contributed by atoms with Gasteiger partial charge in [0.1, 0.15) is 0 Å². The number of rotatable bonds is 5. The zero-order chi connectivity index (χ0) is 14.8. The smallest absolute Gasteiger partial charge is 0.0501 e. The van der Waals surface area contributed by atoms with Gasteiger partial charge in [-0.15, -0.1) is 0 Å². The first-order chi connectivity index (χ1) is 9.72. The van der Waals surface area contributed by atoms with Crippen LogP contribution in [0.5, 0.6) is 0 Å². The summed E-state index contributed by atoms with van der Waals surface area (Å²) < 4.78 is 2.40. The first-order valence-electron chi connectivity index (χ1n) is 7.13. The van der Waals surface area contributed by atoms with Gasteiger partial charge < -0.3 is 4.31 Å². The molecule has 1 aliphatic heterocycles. The van der Waals surface area contributed by atoms with Crippen LogP contribution < -0.4 is 0 Å². The molecule has 0 radical (unpaired) electrons. The maximum absolute atomic E-state index is 3.68. The summed E-state index contributed by atoms with van der Waals surface area (Å²) in [4.78, 5) is 1.28. The molecule has 0 aromatic rings. The quantitative estimate of drug-likeness (QED) is 0.465. The standard InChI is InChI=1S/C18H25NS/c1-5-8-10-12-16(4)20-19-15-11-13-17(7-3)18(19)14-9-6-2/h5-10,12,14H,1,11,13,15H2,2-4H3/b9-6-,10-8-,16-12+,17-7-,18-14+. The molecule has 1 fully saturated rings. The van der Waals surface area contributed by atoms with E-state index in [4.69, 9.17) is 0 Å². The van der Waals surface area contributed by atoms with Crippen LogP contribution in [0, 0.1) is 0 Å². The molecule has 1 aliphatic rings. The van der Waals surface area contributed by atoms with Crippen LogP contribution in [0.2, 0.25) is 0 Å². The predicted octanol–water partition coefficient (Wildman–Crippen LogP) is 5.78. The molecule has 0 N–H and O–H groups in total. The summed E-state index contributed by atoms with van der Waals surface area (Å²) in [7, 11) is 0. The molecule has 0 aliphatic carbocycles. The Morgan fingerprint density at radius 2 is 2.05 bits per heavy atom. The van der Waals surface area contributed by atoms with Crippen molar-refractivity contribution >= 4 is 11.9 Å². The number of allylic oxidation sites excluding steroid dienone is 10. The SMILES string of the molecule is C=C/C=C\C=C(/C)SN1CCCC(=C/C)/C1=C\C=C/C. The Labute approximate surface area is 128 Å². The highest BCUT2D eigenvalue weighted by Gasteiger charge is 2.19.